The predicted molar refractivity (Wildman–Crippen MR) is 116 cm³/mol. The van der Waals surface area contributed by atoms with E-state index in [1.54, 1.807) is 14.2 Å². The zero-order valence-corrected chi connectivity index (χ0v) is 17.6. The van der Waals surface area contributed by atoms with Gasteiger partial charge in [0.15, 0.2) is 5.96 Å². The molecule has 0 aliphatic carbocycles. The number of hydrogen-bond acceptors (Lipinski definition) is 3. The number of hydrogen-bond donors (Lipinski definition) is 2. The standard InChI is InChI=1S/C19H26N4O.HI/c1-20-19(22-14-16-6-5-7-18(12-16)24-4)21-13-15-8-10-17(11-9-15)23(2)3;/h5-12H,13-14H2,1-4H3,(H2,20,21,22);1H. The van der Waals surface area contributed by atoms with Gasteiger partial charge in [0.05, 0.1) is 7.11 Å². The molecule has 0 saturated heterocycles. The van der Waals surface area contributed by atoms with Crippen LogP contribution >= 0.6 is 24.0 Å². The molecule has 6 heteroatoms. The number of nitrogens with one attached hydrogen (secondary N) is 2. The summed E-state index contributed by atoms with van der Waals surface area (Å²) in [4.78, 5) is 6.35. The van der Waals surface area contributed by atoms with Gasteiger partial charge < -0.3 is 20.3 Å². The van der Waals surface area contributed by atoms with Crippen molar-refractivity contribution in [1.29, 1.82) is 0 Å². The Bertz CT molecular complexity index is 671. The zero-order valence-electron chi connectivity index (χ0n) is 15.2. The van der Waals surface area contributed by atoms with Crippen LogP contribution in [0.2, 0.25) is 0 Å². The van der Waals surface area contributed by atoms with Gasteiger partial charge in [0.25, 0.3) is 0 Å². The van der Waals surface area contributed by atoms with Crippen molar-refractivity contribution >= 4 is 35.6 Å². The summed E-state index contributed by atoms with van der Waals surface area (Å²) in [5.41, 5.74) is 3.55. The van der Waals surface area contributed by atoms with Gasteiger partial charge in [-0.15, -0.1) is 24.0 Å². The average Bonchev–Trinajstić information content (AvgIpc) is 2.62. The van der Waals surface area contributed by atoms with Crippen LogP contribution in [0, 0.1) is 0 Å². The molecule has 0 aliphatic rings. The molecular formula is C19H27IN4O. The molecule has 0 radical (unpaired) electrons. The van der Waals surface area contributed by atoms with Gasteiger partial charge in [-0.05, 0) is 35.4 Å². The summed E-state index contributed by atoms with van der Waals surface area (Å²) in [6, 6.07) is 16.5. The molecule has 0 saturated carbocycles. The molecular weight excluding hydrogens is 427 g/mol. The molecule has 5 nitrogen and oxygen atoms in total. The number of methoxy groups -OCH3 is 1. The summed E-state index contributed by atoms with van der Waals surface area (Å²) in [6.45, 7) is 1.42. The summed E-state index contributed by atoms with van der Waals surface area (Å²) in [6.07, 6.45) is 0. The minimum Gasteiger partial charge on any atom is -0.497 e. The van der Waals surface area contributed by atoms with Gasteiger partial charge in [0.2, 0.25) is 0 Å². The smallest absolute Gasteiger partial charge is 0.191 e. The van der Waals surface area contributed by atoms with E-state index in [0.717, 1.165) is 23.8 Å². The molecule has 0 aromatic heterocycles. The number of aliphatic imine (C=N–C) groups is 1. The lowest BCUT2D eigenvalue weighted by Gasteiger charge is -2.14. The second-order valence-corrected chi connectivity index (χ2v) is 5.69. The van der Waals surface area contributed by atoms with Crippen LogP contribution in [0.25, 0.3) is 0 Å². The minimum atomic E-state index is 0. The topological polar surface area (TPSA) is 48.9 Å². The Morgan fingerprint density at radius 2 is 1.64 bits per heavy atom. The van der Waals surface area contributed by atoms with Crippen LogP contribution in [0.15, 0.2) is 53.5 Å². The van der Waals surface area contributed by atoms with Crippen LogP contribution in [0.4, 0.5) is 5.69 Å². The molecule has 0 spiro atoms. The van der Waals surface area contributed by atoms with E-state index in [9.17, 15) is 0 Å². The van der Waals surface area contributed by atoms with E-state index in [4.69, 9.17) is 4.74 Å². The first-order valence-electron chi connectivity index (χ1n) is 7.96. The monoisotopic (exact) mass is 454 g/mol. The maximum Gasteiger partial charge on any atom is 0.191 e. The van der Waals surface area contributed by atoms with E-state index < -0.39 is 0 Å². The fourth-order valence-electron chi connectivity index (χ4n) is 2.29. The fourth-order valence-corrected chi connectivity index (χ4v) is 2.29. The number of guanidine groups is 1. The third-order valence-corrected chi connectivity index (χ3v) is 3.73. The van der Waals surface area contributed by atoms with Gasteiger partial charge in [-0.2, -0.15) is 0 Å². The Kier molecular flexibility index (Phi) is 9.12. The van der Waals surface area contributed by atoms with E-state index in [1.807, 2.05) is 32.3 Å². The lowest BCUT2D eigenvalue weighted by Crippen LogP contribution is -2.36. The van der Waals surface area contributed by atoms with Gasteiger partial charge in [-0.25, -0.2) is 0 Å². The quantitative estimate of drug-likeness (QED) is 0.400. The molecule has 0 aliphatic heterocycles. The zero-order chi connectivity index (χ0) is 17.4. The summed E-state index contributed by atoms with van der Waals surface area (Å²) >= 11 is 0. The van der Waals surface area contributed by atoms with Gasteiger partial charge in [-0.3, -0.25) is 4.99 Å². The van der Waals surface area contributed by atoms with Crippen molar-refractivity contribution in [3.8, 4) is 5.75 Å². The molecule has 0 fully saturated rings. The van der Waals surface area contributed by atoms with Gasteiger partial charge in [0, 0.05) is 39.9 Å². The predicted octanol–water partition coefficient (Wildman–Crippen LogP) is 3.24. The van der Waals surface area contributed by atoms with E-state index in [2.05, 4.69) is 50.9 Å². The molecule has 0 heterocycles. The molecule has 2 aromatic carbocycles. The van der Waals surface area contributed by atoms with Crippen molar-refractivity contribution in [2.24, 2.45) is 4.99 Å². The van der Waals surface area contributed by atoms with Crippen molar-refractivity contribution in [3.63, 3.8) is 0 Å². The van der Waals surface area contributed by atoms with E-state index in [-0.39, 0.29) is 24.0 Å². The molecule has 2 N–H and O–H groups in total. The maximum absolute atomic E-state index is 5.24. The normalized spacial score (nSPS) is 10.6. The van der Waals surface area contributed by atoms with Gasteiger partial charge in [-0.1, -0.05) is 24.3 Å². The number of rotatable bonds is 6. The van der Waals surface area contributed by atoms with Crippen LogP contribution in [0.3, 0.4) is 0 Å². The lowest BCUT2D eigenvalue weighted by atomic mass is 10.2. The fraction of sp³-hybridized carbons (Fsp3) is 0.316. The molecule has 0 bridgehead atoms. The Labute approximate surface area is 167 Å². The summed E-state index contributed by atoms with van der Waals surface area (Å²) < 4.78 is 5.24. The van der Waals surface area contributed by atoms with Gasteiger partial charge >= 0.3 is 0 Å². The van der Waals surface area contributed by atoms with Crippen molar-refractivity contribution < 1.29 is 4.74 Å². The lowest BCUT2D eigenvalue weighted by molar-refractivity contribution is 0.414. The third kappa shape index (κ3) is 6.81. The van der Waals surface area contributed by atoms with Crippen molar-refractivity contribution in [2.45, 2.75) is 13.1 Å². The van der Waals surface area contributed by atoms with Crippen LogP contribution in [-0.4, -0.2) is 34.2 Å². The highest BCUT2D eigenvalue weighted by molar-refractivity contribution is 14.0. The number of anilines is 1. The highest BCUT2D eigenvalue weighted by atomic mass is 127. The van der Waals surface area contributed by atoms with Crippen molar-refractivity contribution in [2.75, 3.05) is 33.2 Å². The van der Waals surface area contributed by atoms with Gasteiger partial charge in [0.1, 0.15) is 5.75 Å². The van der Waals surface area contributed by atoms with Crippen LogP contribution in [0.1, 0.15) is 11.1 Å². The molecule has 2 aromatic rings. The molecule has 0 amide bonds. The highest BCUT2D eigenvalue weighted by Crippen LogP contribution is 2.13. The van der Waals surface area contributed by atoms with E-state index in [1.165, 1.54) is 11.3 Å². The average molecular weight is 454 g/mol. The van der Waals surface area contributed by atoms with E-state index >= 15 is 0 Å². The van der Waals surface area contributed by atoms with Crippen LogP contribution in [-0.2, 0) is 13.1 Å². The number of nitrogens with zero attached hydrogens (tertiary/aromatic N) is 2. The minimum absolute atomic E-state index is 0. The molecule has 136 valence electrons. The molecule has 25 heavy (non-hydrogen) atoms. The molecule has 0 atom stereocenters. The van der Waals surface area contributed by atoms with E-state index in [0.29, 0.717) is 6.54 Å². The highest BCUT2D eigenvalue weighted by Gasteiger charge is 2.01. The summed E-state index contributed by atoms with van der Waals surface area (Å²) in [5.74, 6) is 1.63. The third-order valence-electron chi connectivity index (χ3n) is 3.73. The first kappa shape index (κ1) is 21.1. The SMILES string of the molecule is CN=C(NCc1ccc(N(C)C)cc1)NCc1cccc(OC)c1.I. The Hall–Kier alpha value is -1.96. The second kappa shape index (κ2) is 10.8. The summed E-state index contributed by atoms with van der Waals surface area (Å²) in [7, 11) is 7.53. The molecule has 2 rings (SSSR count). The summed E-state index contributed by atoms with van der Waals surface area (Å²) in [5, 5.41) is 6.64. The Morgan fingerprint density at radius 3 is 2.20 bits per heavy atom. The second-order valence-electron chi connectivity index (χ2n) is 5.69. The first-order chi connectivity index (χ1) is 11.6. The van der Waals surface area contributed by atoms with Crippen molar-refractivity contribution in [3.05, 3.63) is 59.7 Å². The van der Waals surface area contributed by atoms with Crippen molar-refractivity contribution in [1.82, 2.24) is 10.6 Å². The molecule has 0 unspecified atom stereocenters. The maximum atomic E-state index is 5.24. The number of halogens is 1. The Balaban J connectivity index is 0.00000312. The largest absolute Gasteiger partial charge is 0.497 e. The van der Waals surface area contributed by atoms with Crippen LogP contribution < -0.4 is 20.3 Å². The number of ether oxygens (including phenoxy) is 1. The van der Waals surface area contributed by atoms with Crippen LogP contribution in [0.5, 0.6) is 5.75 Å². The number of benzene rings is 2. The first-order valence-corrected chi connectivity index (χ1v) is 7.96. The Morgan fingerprint density at radius 1 is 1.00 bits per heavy atom.